The summed E-state index contributed by atoms with van der Waals surface area (Å²) in [4.78, 5) is 18.7. The molecule has 0 radical (unpaired) electrons. The molecule has 0 fully saturated rings. The van der Waals surface area contributed by atoms with E-state index in [2.05, 4.69) is 22.2 Å². The summed E-state index contributed by atoms with van der Waals surface area (Å²) in [6.45, 7) is 6.62. The van der Waals surface area contributed by atoms with Crippen LogP contribution in [0.2, 0.25) is 5.15 Å². The minimum absolute atomic E-state index is 0.0638. The lowest BCUT2D eigenvalue weighted by Crippen LogP contribution is -2.10. The third kappa shape index (κ3) is 4.59. The number of unbranched alkanes of at least 4 members (excludes halogenated alkanes) is 3. The molecule has 0 saturated carbocycles. The summed E-state index contributed by atoms with van der Waals surface area (Å²) in [6.07, 6.45) is 4.35. The van der Waals surface area contributed by atoms with Gasteiger partial charge in [-0.05, 0) is 6.42 Å². The number of halogens is 1. The molecule has 1 rings (SSSR count). The van der Waals surface area contributed by atoms with Crippen LogP contribution in [0, 0.1) is 10.1 Å². The molecule has 1 heterocycles. The fraction of sp³-hybridized carbons (Fsp3) is 0.692. The van der Waals surface area contributed by atoms with Gasteiger partial charge in [0.05, 0.1) is 4.92 Å². The van der Waals surface area contributed by atoms with Gasteiger partial charge in [0.2, 0.25) is 11.0 Å². The second-order valence-corrected chi connectivity index (χ2v) is 5.33. The van der Waals surface area contributed by atoms with Crippen molar-refractivity contribution in [3.05, 3.63) is 21.1 Å². The second kappa shape index (κ2) is 7.99. The highest BCUT2D eigenvalue weighted by molar-refractivity contribution is 6.31. The van der Waals surface area contributed by atoms with E-state index in [4.69, 9.17) is 11.6 Å². The lowest BCUT2D eigenvalue weighted by molar-refractivity contribution is -0.384. The average Bonchev–Trinajstić information content (AvgIpc) is 2.37. The van der Waals surface area contributed by atoms with E-state index in [0.29, 0.717) is 12.4 Å². The Morgan fingerprint density at radius 1 is 1.30 bits per heavy atom. The average molecular weight is 301 g/mol. The summed E-state index contributed by atoms with van der Waals surface area (Å²) in [5, 5.41) is 14.0. The number of rotatable bonds is 8. The van der Waals surface area contributed by atoms with Crippen molar-refractivity contribution in [1.29, 1.82) is 0 Å². The van der Waals surface area contributed by atoms with Crippen molar-refractivity contribution >= 4 is 23.1 Å². The standard InChI is InChI=1S/C13H21ClN4O2/c1-4-5-6-7-8-15-13-10(18(19)20)11(14)16-12(17-13)9(2)3/h9H,4-8H2,1-3H3,(H,15,16,17). The van der Waals surface area contributed by atoms with Gasteiger partial charge in [-0.3, -0.25) is 10.1 Å². The lowest BCUT2D eigenvalue weighted by Gasteiger charge is -2.10. The van der Waals surface area contributed by atoms with Crippen LogP contribution in [0.5, 0.6) is 0 Å². The van der Waals surface area contributed by atoms with Gasteiger partial charge in [0, 0.05) is 12.5 Å². The van der Waals surface area contributed by atoms with Crippen molar-refractivity contribution in [1.82, 2.24) is 9.97 Å². The number of nitrogens with zero attached hydrogens (tertiary/aromatic N) is 3. The third-order valence-corrected chi connectivity index (χ3v) is 3.14. The SMILES string of the molecule is CCCCCCNc1nc(C(C)C)nc(Cl)c1[N+](=O)[O-]. The molecule has 7 heteroatoms. The first kappa shape index (κ1) is 16.6. The molecular formula is C13H21ClN4O2. The van der Waals surface area contributed by atoms with Crippen molar-refractivity contribution in [3.8, 4) is 0 Å². The highest BCUT2D eigenvalue weighted by Crippen LogP contribution is 2.31. The zero-order valence-corrected chi connectivity index (χ0v) is 12.9. The second-order valence-electron chi connectivity index (χ2n) is 4.97. The summed E-state index contributed by atoms with van der Waals surface area (Å²) in [7, 11) is 0. The van der Waals surface area contributed by atoms with E-state index in [9.17, 15) is 10.1 Å². The Morgan fingerprint density at radius 2 is 2.00 bits per heavy atom. The van der Waals surface area contributed by atoms with Crippen LogP contribution in [0.3, 0.4) is 0 Å². The van der Waals surface area contributed by atoms with Gasteiger partial charge in [0.25, 0.3) is 0 Å². The van der Waals surface area contributed by atoms with Crippen LogP contribution in [0.4, 0.5) is 11.5 Å². The lowest BCUT2D eigenvalue weighted by atomic mass is 10.2. The topological polar surface area (TPSA) is 81.0 Å². The van der Waals surface area contributed by atoms with Crippen LogP contribution in [-0.2, 0) is 0 Å². The molecule has 0 saturated heterocycles. The van der Waals surface area contributed by atoms with Crippen LogP contribution in [0.25, 0.3) is 0 Å². The van der Waals surface area contributed by atoms with Gasteiger partial charge in [-0.2, -0.15) is 0 Å². The number of hydrogen-bond donors (Lipinski definition) is 1. The Bertz CT molecular complexity index is 466. The number of aromatic nitrogens is 2. The Hall–Kier alpha value is -1.43. The molecule has 0 atom stereocenters. The Kier molecular flexibility index (Phi) is 6.64. The summed E-state index contributed by atoms with van der Waals surface area (Å²) < 4.78 is 0. The first-order valence-corrected chi connectivity index (χ1v) is 7.30. The monoisotopic (exact) mass is 300 g/mol. The molecule has 0 aliphatic carbocycles. The van der Waals surface area contributed by atoms with Crippen LogP contribution in [0.1, 0.15) is 58.2 Å². The zero-order valence-electron chi connectivity index (χ0n) is 12.1. The van der Waals surface area contributed by atoms with Crippen LogP contribution < -0.4 is 5.32 Å². The molecule has 1 N–H and O–H groups in total. The summed E-state index contributed by atoms with van der Waals surface area (Å²) in [6, 6.07) is 0. The van der Waals surface area contributed by atoms with Crippen molar-refractivity contribution in [2.45, 2.75) is 52.4 Å². The van der Waals surface area contributed by atoms with Gasteiger partial charge in [-0.1, -0.05) is 51.6 Å². The molecule has 0 unspecified atom stereocenters. The molecular weight excluding hydrogens is 280 g/mol. The fourth-order valence-corrected chi connectivity index (χ4v) is 1.99. The molecule has 1 aromatic heterocycles. The fourth-order valence-electron chi connectivity index (χ4n) is 1.75. The first-order chi connectivity index (χ1) is 9.47. The number of nitro groups is 1. The molecule has 0 aliphatic rings. The largest absolute Gasteiger partial charge is 0.364 e. The van der Waals surface area contributed by atoms with E-state index >= 15 is 0 Å². The molecule has 0 spiro atoms. The first-order valence-electron chi connectivity index (χ1n) is 6.93. The Balaban J connectivity index is 2.87. The zero-order chi connectivity index (χ0) is 15.1. The minimum Gasteiger partial charge on any atom is -0.364 e. The highest BCUT2D eigenvalue weighted by Gasteiger charge is 2.24. The molecule has 0 aliphatic heterocycles. The Labute approximate surface area is 124 Å². The quantitative estimate of drug-likeness (QED) is 0.337. The summed E-state index contributed by atoms with van der Waals surface area (Å²) >= 11 is 5.90. The predicted octanol–water partition coefficient (Wildman–Crippen LogP) is 4.15. The smallest absolute Gasteiger partial charge is 0.348 e. The molecule has 112 valence electrons. The van der Waals surface area contributed by atoms with Gasteiger partial charge in [0.1, 0.15) is 5.82 Å². The number of anilines is 1. The molecule has 0 bridgehead atoms. The molecule has 0 amide bonds. The van der Waals surface area contributed by atoms with Crippen molar-refractivity contribution < 1.29 is 4.92 Å². The van der Waals surface area contributed by atoms with Crippen molar-refractivity contribution in [3.63, 3.8) is 0 Å². The van der Waals surface area contributed by atoms with Crippen LogP contribution in [-0.4, -0.2) is 21.4 Å². The molecule has 20 heavy (non-hydrogen) atoms. The minimum atomic E-state index is -0.541. The summed E-state index contributed by atoms with van der Waals surface area (Å²) in [5.41, 5.74) is -0.244. The highest BCUT2D eigenvalue weighted by atomic mass is 35.5. The molecule has 6 nitrogen and oxygen atoms in total. The molecule has 0 aromatic carbocycles. The van der Waals surface area contributed by atoms with Crippen LogP contribution >= 0.6 is 11.6 Å². The van der Waals surface area contributed by atoms with Crippen molar-refractivity contribution in [2.24, 2.45) is 0 Å². The van der Waals surface area contributed by atoms with E-state index in [1.54, 1.807) is 0 Å². The Morgan fingerprint density at radius 3 is 2.55 bits per heavy atom. The number of nitrogens with one attached hydrogen (secondary N) is 1. The van der Waals surface area contributed by atoms with E-state index in [0.717, 1.165) is 25.7 Å². The summed E-state index contributed by atoms with van der Waals surface area (Å²) in [5.74, 6) is 0.792. The van der Waals surface area contributed by atoms with E-state index in [-0.39, 0.29) is 22.6 Å². The van der Waals surface area contributed by atoms with E-state index < -0.39 is 4.92 Å². The van der Waals surface area contributed by atoms with Gasteiger partial charge in [0.15, 0.2) is 0 Å². The maximum Gasteiger partial charge on any atom is 0.348 e. The normalized spacial score (nSPS) is 10.8. The predicted molar refractivity (Wildman–Crippen MR) is 80.4 cm³/mol. The van der Waals surface area contributed by atoms with Gasteiger partial charge < -0.3 is 5.32 Å². The number of hydrogen-bond acceptors (Lipinski definition) is 5. The van der Waals surface area contributed by atoms with Gasteiger partial charge >= 0.3 is 5.69 Å². The van der Waals surface area contributed by atoms with Crippen LogP contribution in [0.15, 0.2) is 0 Å². The third-order valence-electron chi connectivity index (χ3n) is 2.88. The van der Waals surface area contributed by atoms with Gasteiger partial charge in [-0.25, -0.2) is 9.97 Å². The van der Waals surface area contributed by atoms with Crippen molar-refractivity contribution in [2.75, 3.05) is 11.9 Å². The maximum absolute atomic E-state index is 11.1. The van der Waals surface area contributed by atoms with E-state index in [1.165, 1.54) is 0 Å². The van der Waals surface area contributed by atoms with Gasteiger partial charge in [-0.15, -0.1) is 0 Å². The van der Waals surface area contributed by atoms with E-state index in [1.807, 2.05) is 13.8 Å². The maximum atomic E-state index is 11.1. The molecule has 1 aromatic rings.